The van der Waals surface area contributed by atoms with Crippen molar-refractivity contribution in [2.75, 3.05) is 37.0 Å². The molecule has 5 rings (SSSR count). The fourth-order valence-corrected chi connectivity index (χ4v) is 5.70. The third kappa shape index (κ3) is 7.54. The lowest BCUT2D eigenvalue weighted by molar-refractivity contribution is -0.150. The Balaban J connectivity index is 1.24. The Morgan fingerprint density at radius 1 is 0.933 bits per heavy atom. The average molecular weight is 616 g/mol. The molecule has 4 aromatic carbocycles. The molecule has 0 aromatic heterocycles. The van der Waals surface area contributed by atoms with Gasteiger partial charge in [-0.1, -0.05) is 67.6 Å². The van der Waals surface area contributed by atoms with E-state index >= 15 is 0 Å². The number of nitrogens with one attached hydrogen (secondary N) is 1. The summed E-state index contributed by atoms with van der Waals surface area (Å²) in [5.74, 6) is -0.605. The smallest absolute Gasteiger partial charge is 0.416 e. The fraction of sp³-hybridized carbons (Fsp3) is 0.278. The van der Waals surface area contributed by atoms with Gasteiger partial charge in [-0.15, -0.1) is 0 Å². The van der Waals surface area contributed by atoms with E-state index in [1.165, 1.54) is 12.1 Å². The second-order valence-electron chi connectivity index (χ2n) is 11.2. The zero-order valence-electron chi connectivity index (χ0n) is 25.3. The fourth-order valence-electron chi connectivity index (χ4n) is 5.70. The van der Waals surface area contributed by atoms with Gasteiger partial charge in [0.1, 0.15) is 6.04 Å². The highest BCUT2D eigenvalue weighted by Gasteiger charge is 2.35. The van der Waals surface area contributed by atoms with Crippen molar-refractivity contribution >= 4 is 23.3 Å². The molecule has 1 saturated heterocycles. The number of carbonyl (C=O) groups is 2. The summed E-state index contributed by atoms with van der Waals surface area (Å²) in [5.41, 5.74) is 3.18. The van der Waals surface area contributed by atoms with Gasteiger partial charge in [-0.05, 0) is 79.0 Å². The normalized spacial score (nSPS) is 15.6. The average Bonchev–Trinajstić information content (AvgIpc) is 3.55. The van der Waals surface area contributed by atoms with Gasteiger partial charge < -0.3 is 15.0 Å². The lowest BCUT2D eigenvalue weighted by Crippen LogP contribution is -2.41. The van der Waals surface area contributed by atoms with E-state index in [1.54, 1.807) is 24.3 Å². The van der Waals surface area contributed by atoms with Crippen LogP contribution >= 0.6 is 0 Å². The predicted molar refractivity (Wildman–Crippen MR) is 170 cm³/mol. The highest BCUT2D eigenvalue weighted by atomic mass is 19.4. The predicted octanol–water partition coefficient (Wildman–Crippen LogP) is 7.83. The van der Waals surface area contributed by atoms with Gasteiger partial charge in [-0.25, -0.2) is 4.79 Å². The van der Waals surface area contributed by atoms with Crippen LogP contribution in [0.3, 0.4) is 0 Å². The first kappa shape index (κ1) is 31.8. The van der Waals surface area contributed by atoms with Gasteiger partial charge >= 0.3 is 12.1 Å². The zero-order chi connectivity index (χ0) is 32.0. The van der Waals surface area contributed by atoms with Crippen LogP contribution in [0.15, 0.2) is 103 Å². The lowest BCUT2D eigenvalue weighted by atomic mass is 9.98. The van der Waals surface area contributed by atoms with E-state index in [0.717, 1.165) is 49.3 Å². The summed E-state index contributed by atoms with van der Waals surface area (Å²) in [4.78, 5) is 30.7. The van der Waals surface area contributed by atoms with E-state index in [-0.39, 0.29) is 17.9 Å². The number of rotatable bonds is 10. The number of halogens is 3. The number of esters is 1. The largest absolute Gasteiger partial charge is 0.464 e. The summed E-state index contributed by atoms with van der Waals surface area (Å²) < 4.78 is 44.6. The summed E-state index contributed by atoms with van der Waals surface area (Å²) >= 11 is 0. The third-order valence-corrected chi connectivity index (χ3v) is 8.12. The van der Waals surface area contributed by atoms with Gasteiger partial charge in [0, 0.05) is 36.1 Å². The number of nitrogens with zero attached hydrogens (tertiary/aromatic N) is 2. The number of ether oxygens (including phenoxy) is 1. The topological polar surface area (TPSA) is 61.9 Å². The molecule has 9 heteroatoms. The van der Waals surface area contributed by atoms with Crippen LogP contribution in [-0.2, 0) is 15.7 Å². The Hall–Kier alpha value is -4.63. The van der Waals surface area contributed by atoms with E-state index in [0.29, 0.717) is 29.0 Å². The molecule has 4 aromatic rings. The van der Waals surface area contributed by atoms with Crippen molar-refractivity contribution in [3.8, 4) is 11.1 Å². The molecule has 1 amide bonds. The number of hydrogen-bond acceptors (Lipinski definition) is 5. The molecule has 234 valence electrons. The Morgan fingerprint density at radius 2 is 1.60 bits per heavy atom. The molecule has 1 aliphatic rings. The standard InChI is InChI=1S/C36H36F3N3O3/c1-3-23-45-35(44)33(26-9-5-4-6-10-26)41(2)30-21-22-42(24-30)29-19-17-28(18-20-29)40-34(43)32-12-8-7-11-31(32)25-13-15-27(16-14-25)36(37,38)39/h4-20,30,33H,3,21-24H2,1-2H3,(H,40,43). The molecule has 2 unspecified atom stereocenters. The quantitative estimate of drug-likeness (QED) is 0.184. The van der Waals surface area contributed by atoms with Gasteiger partial charge in [0.05, 0.1) is 12.2 Å². The highest BCUT2D eigenvalue weighted by molar-refractivity contribution is 6.08. The van der Waals surface area contributed by atoms with E-state index < -0.39 is 17.8 Å². The van der Waals surface area contributed by atoms with Crippen LogP contribution in [0.25, 0.3) is 11.1 Å². The maximum Gasteiger partial charge on any atom is 0.416 e. The zero-order valence-corrected chi connectivity index (χ0v) is 25.3. The molecule has 1 heterocycles. The number of amides is 1. The minimum absolute atomic E-state index is 0.130. The molecule has 0 spiro atoms. The van der Waals surface area contributed by atoms with Crippen molar-refractivity contribution in [3.63, 3.8) is 0 Å². The second-order valence-corrected chi connectivity index (χ2v) is 11.2. The molecule has 6 nitrogen and oxygen atoms in total. The maximum atomic E-state index is 13.3. The van der Waals surface area contributed by atoms with Crippen LogP contribution in [0, 0.1) is 0 Å². The number of likely N-dealkylation sites (N-methyl/N-ethyl adjacent to an activating group) is 1. The van der Waals surface area contributed by atoms with Crippen LogP contribution in [0.1, 0.15) is 47.3 Å². The van der Waals surface area contributed by atoms with E-state index in [1.807, 2.05) is 68.6 Å². The molecule has 45 heavy (non-hydrogen) atoms. The Kier molecular flexibility index (Phi) is 9.88. The number of alkyl halides is 3. The molecule has 1 N–H and O–H groups in total. The van der Waals surface area contributed by atoms with Crippen molar-refractivity contribution in [2.24, 2.45) is 0 Å². The summed E-state index contributed by atoms with van der Waals surface area (Å²) in [5, 5.41) is 2.91. The van der Waals surface area contributed by atoms with Gasteiger partial charge in [-0.3, -0.25) is 9.69 Å². The second kappa shape index (κ2) is 14.0. The number of benzene rings is 4. The van der Waals surface area contributed by atoms with Gasteiger partial charge in [0.2, 0.25) is 0 Å². The van der Waals surface area contributed by atoms with Crippen molar-refractivity contribution < 1.29 is 27.5 Å². The van der Waals surface area contributed by atoms with Crippen LogP contribution < -0.4 is 10.2 Å². The summed E-state index contributed by atoms with van der Waals surface area (Å²) in [6.45, 7) is 3.90. The molecule has 0 radical (unpaired) electrons. The minimum atomic E-state index is -4.43. The number of carbonyl (C=O) groups excluding carboxylic acids is 2. The first-order valence-electron chi connectivity index (χ1n) is 15.0. The van der Waals surface area contributed by atoms with Crippen LogP contribution in [0.4, 0.5) is 24.5 Å². The molecule has 1 fully saturated rings. The minimum Gasteiger partial charge on any atom is -0.464 e. The maximum absolute atomic E-state index is 13.3. The molecule has 1 aliphatic heterocycles. The van der Waals surface area contributed by atoms with E-state index in [9.17, 15) is 22.8 Å². The molecule has 0 saturated carbocycles. The first-order chi connectivity index (χ1) is 21.7. The molecule has 0 bridgehead atoms. The highest BCUT2D eigenvalue weighted by Crippen LogP contribution is 2.33. The number of anilines is 2. The van der Waals surface area contributed by atoms with E-state index in [4.69, 9.17) is 4.74 Å². The van der Waals surface area contributed by atoms with Gasteiger partial charge in [0.15, 0.2) is 0 Å². The van der Waals surface area contributed by atoms with Crippen LogP contribution in [0.5, 0.6) is 0 Å². The van der Waals surface area contributed by atoms with Crippen molar-refractivity contribution in [2.45, 2.75) is 38.0 Å². The molecule has 2 atom stereocenters. The van der Waals surface area contributed by atoms with Gasteiger partial charge in [-0.2, -0.15) is 13.2 Å². The summed E-state index contributed by atoms with van der Waals surface area (Å²) in [7, 11) is 1.97. The van der Waals surface area contributed by atoms with Crippen molar-refractivity contribution in [1.29, 1.82) is 0 Å². The monoisotopic (exact) mass is 615 g/mol. The number of hydrogen-bond donors (Lipinski definition) is 1. The molecular weight excluding hydrogens is 579 g/mol. The van der Waals surface area contributed by atoms with Crippen molar-refractivity contribution in [1.82, 2.24) is 4.90 Å². The summed E-state index contributed by atoms with van der Waals surface area (Å²) in [6, 6.07) is 28.5. The molecular formula is C36H36F3N3O3. The van der Waals surface area contributed by atoms with Crippen LogP contribution in [0.2, 0.25) is 0 Å². The molecule has 0 aliphatic carbocycles. The SMILES string of the molecule is CCCOC(=O)C(c1ccccc1)N(C)C1CCN(c2ccc(NC(=O)c3ccccc3-c3ccc(C(F)(F)F)cc3)cc2)C1. The van der Waals surface area contributed by atoms with Crippen LogP contribution in [-0.4, -0.2) is 49.6 Å². The van der Waals surface area contributed by atoms with Crippen molar-refractivity contribution in [3.05, 3.63) is 120 Å². The third-order valence-electron chi connectivity index (χ3n) is 8.12. The summed E-state index contributed by atoms with van der Waals surface area (Å²) in [6.07, 6.45) is -2.79. The van der Waals surface area contributed by atoms with Gasteiger partial charge in [0.25, 0.3) is 5.91 Å². The Labute approximate surface area is 261 Å². The first-order valence-corrected chi connectivity index (χ1v) is 15.0. The Morgan fingerprint density at radius 3 is 2.27 bits per heavy atom. The lowest BCUT2D eigenvalue weighted by Gasteiger charge is -2.32. The van der Waals surface area contributed by atoms with E-state index in [2.05, 4.69) is 15.1 Å². The Bertz CT molecular complexity index is 1590.